The van der Waals surface area contributed by atoms with Crippen LogP contribution in [0.1, 0.15) is 12.0 Å². The van der Waals surface area contributed by atoms with E-state index >= 15 is 0 Å². The van der Waals surface area contributed by atoms with Crippen LogP contribution in [0.25, 0.3) is 10.9 Å². The molecule has 1 fully saturated rings. The summed E-state index contributed by atoms with van der Waals surface area (Å²) in [6.45, 7) is 4.03. The number of nitrogens with two attached hydrogens (primary N) is 1. The molecule has 2 heterocycles. The van der Waals surface area contributed by atoms with E-state index in [0.29, 0.717) is 12.5 Å². The minimum Gasteiger partial charge on any atom is -0.496 e. The molecule has 0 unspecified atom stereocenters. The molecule has 0 amide bonds. The summed E-state index contributed by atoms with van der Waals surface area (Å²) in [5, 5.41) is 5.92. The Morgan fingerprint density at radius 2 is 2.12 bits per heavy atom. The lowest BCUT2D eigenvalue weighted by atomic mass is 9.96. The maximum Gasteiger partial charge on any atom is 0.274 e. The van der Waals surface area contributed by atoms with Gasteiger partial charge in [-0.2, -0.15) is 8.42 Å². The topological polar surface area (TPSA) is 110 Å². The maximum absolute atomic E-state index is 10.9. The number of aryl methyl sites for hydroxylation is 1. The second kappa shape index (κ2) is 6.50. The van der Waals surface area contributed by atoms with E-state index in [0.717, 1.165) is 47.5 Å². The number of anilines is 1. The lowest BCUT2D eigenvalue weighted by molar-refractivity contribution is 0.382. The molecule has 9 heteroatoms. The summed E-state index contributed by atoms with van der Waals surface area (Å²) in [6, 6.07) is 3.96. The van der Waals surface area contributed by atoms with Gasteiger partial charge in [0.05, 0.1) is 12.6 Å². The number of rotatable bonds is 6. The van der Waals surface area contributed by atoms with Crippen LogP contribution in [0.4, 0.5) is 5.82 Å². The van der Waals surface area contributed by atoms with Crippen LogP contribution < -0.4 is 19.5 Å². The molecule has 1 aliphatic heterocycles. The van der Waals surface area contributed by atoms with E-state index in [1.807, 2.05) is 19.1 Å². The van der Waals surface area contributed by atoms with Gasteiger partial charge in [0, 0.05) is 31.1 Å². The van der Waals surface area contributed by atoms with Gasteiger partial charge in [0.25, 0.3) is 10.2 Å². The molecule has 0 bridgehead atoms. The van der Waals surface area contributed by atoms with Crippen LogP contribution in [0.5, 0.6) is 5.75 Å². The van der Waals surface area contributed by atoms with Crippen molar-refractivity contribution in [2.45, 2.75) is 13.3 Å². The molecule has 0 spiro atoms. The Morgan fingerprint density at radius 1 is 1.38 bits per heavy atom. The molecule has 1 aliphatic rings. The van der Waals surface area contributed by atoms with Gasteiger partial charge in [0.15, 0.2) is 0 Å². The maximum atomic E-state index is 10.9. The van der Waals surface area contributed by atoms with Crippen molar-refractivity contribution in [1.82, 2.24) is 14.7 Å². The smallest absolute Gasteiger partial charge is 0.274 e. The van der Waals surface area contributed by atoms with Gasteiger partial charge >= 0.3 is 0 Å². The number of benzene rings is 1. The molecule has 0 saturated carbocycles. The van der Waals surface area contributed by atoms with Gasteiger partial charge < -0.3 is 9.64 Å². The van der Waals surface area contributed by atoms with Crippen molar-refractivity contribution in [3.63, 3.8) is 0 Å². The van der Waals surface area contributed by atoms with Crippen LogP contribution in [0.15, 0.2) is 18.5 Å². The zero-order chi connectivity index (χ0) is 17.3. The van der Waals surface area contributed by atoms with Gasteiger partial charge in [0.2, 0.25) is 0 Å². The van der Waals surface area contributed by atoms with E-state index in [1.54, 1.807) is 13.4 Å². The summed E-state index contributed by atoms with van der Waals surface area (Å²) in [4.78, 5) is 10.9. The Balaban J connectivity index is 1.70. The highest BCUT2D eigenvalue weighted by atomic mass is 32.2. The van der Waals surface area contributed by atoms with Crippen LogP contribution in [0, 0.1) is 12.8 Å². The molecular weight excluding hydrogens is 330 g/mol. The highest BCUT2D eigenvalue weighted by Gasteiger charge is 2.29. The standard InChI is InChI=1S/C15H21N5O3S/c1-10-5-12-13(6-14(10)23-2)17-9-18-15(12)20-7-11(8-20)3-4-19-24(16,21)22/h5-6,9,11,19H,3-4,7-8H2,1-2H3,(H2,16,21,22). The molecule has 2 aromatic rings. The minimum atomic E-state index is -3.61. The fourth-order valence-electron chi connectivity index (χ4n) is 2.98. The van der Waals surface area contributed by atoms with E-state index in [1.165, 1.54) is 0 Å². The van der Waals surface area contributed by atoms with E-state index in [2.05, 4.69) is 19.6 Å². The molecule has 3 rings (SSSR count). The van der Waals surface area contributed by atoms with E-state index in [-0.39, 0.29) is 0 Å². The zero-order valence-electron chi connectivity index (χ0n) is 13.7. The number of aromatic nitrogens is 2. The molecule has 1 aromatic heterocycles. The van der Waals surface area contributed by atoms with Crippen LogP contribution in [-0.4, -0.2) is 45.1 Å². The molecule has 0 atom stereocenters. The number of fused-ring (bicyclic) bond motifs is 1. The summed E-state index contributed by atoms with van der Waals surface area (Å²) >= 11 is 0. The highest BCUT2D eigenvalue weighted by Crippen LogP contribution is 2.33. The molecule has 1 saturated heterocycles. The van der Waals surface area contributed by atoms with E-state index in [4.69, 9.17) is 9.88 Å². The SMILES string of the molecule is COc1cc2ncnc(N3CC(CCNS(N)(=O)=O)C3)c2cc1C. The first-order chi connectivity index (χ1) is 11.4. The predicted molar refractivity (Wildman–Crippen MR) is 92.3 cm³/mol. The number of hydrogen-bond donors (Lipinski definition) is 2. The molecule has 130 valence electrons. The summed E-state index contributed by atoms with van der Waals surface area (Å²) in [5.74, 6) is 2.13. The van der Waals surface area contributed by atoms with Crippen molar-refractivity contribution in [2.75, 3.05) is 31.6 Å². The number of nitrogens with one attached hydrogen (secondary N) is 1. The van der Waals surface area contributed by atoms with Crippen LogP contribution in [-0.2, 0) is 10.2 Å². The monoisotopic (exact) mass is 351 g/mol. The molecule has 0 radical (unpaired) electrons. The lowest BCUT2D eigenvalue weighted by Gasteiger charge is -2.40. The third-order valence-corrected chi connectivity index (χ3v) is 4.85. The van der Waals surface area contributed by atoms with Crippen molar-refractivity contribution in [2.24, 2.45) is 11.1 Å². The quantitative estimate of drug-likeness (QED) is 0.787. The third kappa shape index (κ3) is 3.58. The van der Waals surface area contributed by atoms with Gasteiger partial charge in [-0.25, -0.2) is 19.8 Å². The highest BCUT2D eigenvalue weighted by molar-refractivity contribution is 7.87. The molecule has 24 heavy (non-hydrogen) atoms. The minimum absolute atomic E-state index is 0.359. The second-order valence-corrected chi connectivity index (χ2v) is 7.41. The zero-order valence-corrected chi connectivity index (χ0v) is 14.5. The van der Waals surface area contributed by atoms with Gasteiger partial charge in [0.1, 0.15) is 17.9 Å². The van der Waals surface area contributed by atoms with Gasteiger partial charge in [-0.1, -0.05) is 0 Å². The third-order valence-electron chi connectivity index (χ3n) is 4.24. The van der Waals surface area contributed by atoms with Crippen molar-refractivity contribution in [1.29, 1.82) is 0 Å². The number of nitrogens with zero attached hydrogens (tertiary/aromatic N) is 3. The van der Waals surface area contributed by atoms with Crippen molar-refractivity contribution >= 4 is 26.9 Å². The number of ether oxygens (including phenoxy) is 1. The first-order valence-electron chi connectivity index (χ1n) is 7.69. The molecule has 3 N–H and O–H groups in total. The molecular formula is C15H21N5O3S. The Hall–Kier alpha value is -1.97. The van der Waals surface area contributed by atoms with Gasteiger partial charge in [-0.15, -0.1) is 0 Å². The molecule has 1 aromatic carbocycles. The Kier molecular flexibility index (Phi) is 4.57. The van der Waals surface area contributed by atoms with E-state index < -0.39 is 10.2 Å². The first kappa shape index (κ1) is 16.9. The van der Waals surface area contributed by atoms with Crippen molar-refractivity contribution < 1.29 is 13.2 Å². The summed E-state index contributed by atoms with van der Waals surface area (Å²) in [5.41, 5.74) is 1.89. The summed E-state index contributed by atoms with van der Waals surface area (Å²) in [7, 11) is -1.96. The normalized spacial score (nSPS) is 15.5. The fraction of sp³-hybridized carbons (Fsp3) is 0.467. The van der Waals surface area contributed by atoms with Crippen LogP contribution in [0.3, 0.4) is 0 Å². The van der Waals surface area contributed by atoms with Crippen molar-refractivity contribution in [3.05, 3.63) is 24.0 Å². The predicted octanol–water partition coefficient (Wildman–Crippen LogP) is 0.566. The Bertz CT molecular complexity index is 850. The van der Waals surface area contributed by atoms with Gasteiger partial charge in [-0.3, -0.25) is 0 Å². The summed E-state index contributed by atoms with van der Waals surface area (Å²) < 4.78 is 29.4. The first-order valence-corrected chi connectivity index (χ1v) is 9.23. The summed E-state index contributed by atoms with van der Waals surface area (Å²) in [6.07, 6.45) is 2.31. The molecule has 8 nitrogen and oxygen atoms in total. The second-order valence-electron chi connectivity index (χ2n) is 6.04. The van der Waals surface area contributed by atoms with E-state index in [9.17, 15) is 8.42 Å². The average Bonchev–Trinajstić information content (AvgIpc) is 2.47. The van der Waals surface area contributed by atoms with Gasteiger partial charge in [-0.05, 0) is 30.9 Å². The van der Waals surface area contributed by atoms with Crippen molar-refractivity contribution in [3.8, 4) is 5.75 Å². The number of methoxy groups -OCH3 is 1. The van der Waals surface area contributed by atoms with Crippen LogP contribution >= 0.6 is 0 Å². The molecule has 0 aliphatic carbocycles. The average molecular weight is 351 g/mol. The fourth-order valence-corrected chi connectivity index (χ4v) is 3.38. The van der Waals surface area contributed by atoms with Crippen LogP contribution in [0.2, 0.25) is 0 Å². The Morgan fingerprint density at radius 3 is 2.79 bits per heavy atom. The lowest BCUT2D eigenvalue weighted by Crippen LogP contribution is -2.48. The number of hydrogen-bond acceptors (Lipinski definition) is 6. The Labute approximate surface area is 141 Å². The largest absolute Gasteiger partial charge is 0.496 e.